The maximum Gasteiger partial charge on any atom is 0.0538 e. The van der Waals surface area contributed by atoms with Crippen LogP contribution in [0.25, 0.3) is 0 Å². The molecule has 0 saturated carbocycles. The maximum atomic E-state index is 5.52. The van der Waals surface area contributed by atoms with Gasteiger partial charge in [0, 0.05) is 18.6 Å². The number of hydrogen-bond donors (Lipinski definition) is 0. The van der Waals surface area contributed by atoms with Gasteiger partial charge in [0.2, 0.25) is 0 Å². The molecule has 0 aromatic carbocycles. The van der Waals surface area contributed by atoms with Crippen LogP contribution in [-0.4, -0.2) is 38.3 Å². The zero-order valence-corrected chi connectivity index (χ0v) is 7.47. The van der Waals surface area contributed by atoms with E-state index < -0.39 is 0 Å². The highest BCUT2D eigenvalue weighted by molar-refractivity contribution is 4.95. The Bertz CT molecular complexity index is 160. The van der Waals surface area contributed by atoms with E-state index in [1.54, 1.807) is 0 Å². The highest BCUT2D eigenvalue weighted by Crippen LogP contribution is 2.41. The molecule has 0 N–H and O–H groups in total. The van der Waals surface area contributed by atoms with Gasteiger partial charge in [0.25, 0.3) is 0 Å². The van der Waals surface area contributed by atoms with E-state index in [0.29, 0.717) is 5.41 Å². The van der Waals surface area contributed by atoms with Crippen molar-refractivity contribution < 1.29 is 4.74 Å². The largest absolute Gasteiger partial charge is 0.381 e. The van der Waals surface area contributed by atoms with E-state index in [4.69, 9.17) is 4.74 Å². The molecule has 0 amide bonds. The Hall–Kier alpha value is -0.0800. The molecule has 0 aliphatic carbocycles. The summed E-state index contributed by atoms with van der Waals surface area (Å²) in [4.78, 5) is 2.42. The first kappa shape index (κ1) is 7.56. The van der Waals surface area contributed by atoms with Crippen LogP contribution in [0.5, 0.6) is 0 Å². The molecular weight excluding hydrogens is 138 g/mol. The average molecular weight is 155 g/mol. The summed E-state index contributed by atoms with van der Waals surface area (Å²) in [5.41, 5.74) is 0.523. The topological polar surface area (TPSA) is 12.5 Å². The maximum absolute atomic E-state index is 5.52. The molecule has 0 aromatic rings. The van der Waals surface area contributed by atoms with Crippen molar-refractivity contribution in [1.29, 1.82) is 0 Å². The normalized spacial score (nSPS) is 45.8. The molecule has 2 nitrogen and oxygen atoms in total. The van der Waals surface area contributed by atoms with Crippen LogP contribution >= 0.6 is 0 Å². The SMILES string of the molecule is CC1COCC12CCN(C)C2. The fourth-order valence-corrected chi connectivity index (χ4v) is 2.39. The Morgan fingerprint density at radius 3 is 2.82 bits per heavy atom. The predicted octanol–water partition coefficient (Wildman–Crippen LogP) is 0.975. The highest BCUT2D eigenvalue weighted by atomic mass is 16.5. The van der Waals surface area contributed by atoms with E-state index in [2.05, 4.69) is 18.9 Å². The molecule has 2 aliphatic rings. The van der Waals surface area contributed by atoms with Crippen LogP contribution in [0, 0.1) is 11.3 Å². The summed E-state index contributed by atoms with van der Waals surface area (Å²) in [6, 6.07) is 0. The van der Waals surface area contributed by atoms with Gasteiger partial charge in [-0.2, -0.15) is 0 Å². The van der Waals surface area contributed by atoms with E-state index in [0.717, 1.165) is 19.1 Å². The Morgan fingerprint density at radius 1 is 1.55 bits per heavy atom. The Balaban J connectivity index is 2.10. The molecule has 2 heteroatoms. The standard InChI is InChI=1S/C9H17NO/c1-8-5-11-7-9(8)3-4-10(2)6-9/h8H,3-7H2,1-2H3. The minimum absolute atomic E-state index is 0.523. The molecule has 2 fully saturated rings. The van der Waals surface area contributed by atoms with Gasteiger partial charge in [-0.05, 0) is 25.9 Å². The number of ether oxygens (including phenoxy) is 1. The van der Waals surface area contributed by atoms with Gasteiger partial charge in [0.05, 0.1) is 6.61 Å². The molecule has 2 heterocycles. The lowest BCUT2D eigenvalue weighted by Gasteiger charge is -2.25. The molecule has 1 spiro atoms. The average Bonchev–Trinajstić information content (AvgIpc) is 2.46. The molecule has 0 radical (unpaired) electrons. The highest BCUT2D eigenvalue weighted by Gasteiger charge is 2.45. The molecule has 2 rings (SSSR count). The van der Waals surface area contributed by atoms with Crippen molar-refractivity contribution in [3.8, 4) is 0 Å². The predicted molar refractivity (Wildman–Crippen MR) is 44.5 cm³/mol. The molecule has 2 atom stereocenters. The number of hydrogen-bond acceptors (Lipinski definition) is 2. The summed E-state index contributed by atoms with van der Waals surface area (Å²) < 4.78 is 5.52. The Kier molecular flexibility index (Phi) is 1.69. The molecule has 64 valence electrons. The summed E-state index contributed by atoms with van der Waals surface area (Å²) in [5, 5.41) is 0. The van der Waals surface area contributed by atoms with Gasteiger partial charge in [0.15, 0.2) is 0 Å². The van der Waals surface area contributed by atoms with Crippen LogP contribution < -0.4 is 0 Å². The minimum Gasteiger partial charge on any atom is -0.381 e. The Morgan fingerprint density at radius 2 is 2.36 bits per heavy atom. The molecule has 2 saturated heterocycles. The minimum atomic E-state index is 0.523. The van der Waals surface area contributed by atoms with E-state index in [-0.39, 0.29) is 0 Å². The van der Waals surface area contributed by atoms with E-state index in [1.165, 1.54) is 19.5 Å². The van der Waals surface area contributed by atoms with E-state index in [9.17, 15) is 0 Å². The second-order valence-electron chi connectivity index (χ2n) is 4.27. The first-order chi connectivity index (χ1) is 5.23. The monoisotopic (exact) mass is 155 g/mol. The molecule has 0 bridgehead atoms. The van der Waals surface area contributed by atoms with Crippen LogP contribution in [0.2, 0.25) is 0 Å². The van der Waals surface area contributed by atoms with Crippen molar-refractivity contribution in [3.63, 3.8) is 0 Å². The smallest absolute Gasteiger partial charge is 0.0538 e. The molecular formula is C9H17NO. The van der Waals surface area contributed by atoms with Gasteiger partial charge in [-0.1, -0.05) is 6.92 Å². The second-order valence-corrected chi connectivity index (χ2v) is 4.27. The summed E-state index contributed by atoms with van der Waals surface area (Å²) in [6.45, 7) is 6.81. The van der Waals surface area contributed by atoms with Gasteiger partial charge in [0.1, 0.15) is 0 Å². The van der Waals surface area contributed by atoms with Crippen LogP contribution in [0.1, 0.15) is 13.3 Å². The van der Waals surface area contributed by atoms with Crippen LogP contribution in [0.4, 0.5) is 0 Å². The third-order valence-electron chi connectivity index (χ3n) is 3.38. The lowest BCUT2D eigenvalue weighted by molar-refractivity contribution is 0.154. The van der Waals surface area contributed by atoms with Gasteiger partial charge in [-0.15, -0.1) is 0 Å². The lowest BCUT2D eigenvalue weighted by atomic mass is 9.78. The summed E-state index contributed by atoms with van der Waals surface area (Å²) >= 11 is 0. The van der Waals surface area contributed by atoms with Crippen molar-refractivity contribution in [1.82, 2.24) is 4.90 Å². The first-order valence-electron chi connectivity index (χ1n) is 4.49. The molecule has 2 aliphatic heterocycles. The van der Waals surface area contributed by atoms with Crippen LogP contribution in [-0.2, 0) is 4.74 Å². The fraction of sp³-hybridized carbons (Fsp3) is 1.00. The fourth-order valence-electron chi connectivity index (χ4n) is 2.39. The zero-order chi connectivity index (χ0) is 7.90. The third-order valence-corrected chi connectivity index (χ3v) is 3.38. The van der Waals surface area contributed by atoms with Crippen molar-refractivity contribution in [3.05, 3.63) is 0 Å². The van der Waals surface area contributed by atoms with Crippen LogP contribution in [0.3, 0.4) is 0 Å². The quantitative estimate of drug-likeness (QED) is 0.517. The van der Waals surface area contributed by atoms with Crippen molar-refractivity contribution in [2.75, 3.05) is 33.4 Å². The van der Waals surface area contributed by atoms with Crippen molar-refractivity contribution in [2.24, 2.45) is 11.3 Å². The van der Waals surface area contributed by atoms with E-state index >= 15 is 0 Å². The van der Waals surface area contributed by atoms with E-state index in [1.807, 2.05) is 0 Å². The first-order valence-corrected chi connectivity index (χ1v) is 4.49. The Labute approximate surface area is 68.5 Å². The zero-order valence-electron chi connectivity index (χ0n) is 7.47. The lowest BCUT2D eigenvalue weighted by Crippen LogP contribution is -2.30. The molecule has 11 heavy (non-hydrogen) atoms. The van der Waals surface area contributed by atoms with Gasteiger partial charge in [-0.3, -0.25) is 0 Å². The van der Waals surface area contributed by atoms with Gasteiger partial charge >= 0.3 is 0 Å². The summed E-state index contributed by atoms with van der Waals surface area (Å²) in [7, 11) is 2.21. The number of likely N-dealkylation sites (tertiary alicyclic amines) is 1. The molecule has 0 aromatic heterocycles. The summed E-state index contributed by atoms with van der Waals surface area (Å²) in [5.74, 6) is 0.771. The third kappa shape index (κ3) is 1.09. The summed E-state index contributed by atoms with van der Waals surface area (Å²) in [6.07, 6.45) is 1.34. The van der Waals surface area contributed by atoms with Crippen LogP contribution in [0.15, 0.2) is 0 Å². The second kappa shape index (κ2) is 2.46. The van der Waals surface area contributed by atoms with Crippen molar-refractivity contribution in [2.45, 2.75) is 13.3 Å². The van der Waals surface area contributed by atoms with Gasteiger partial charge < -0.3 is 9.64 Å². The molecule has 2 unspecified atom stereocenters. The number of nitrogens with zero attached hydrogens (tertiary/aromatic N) is 1. The number of rotatable bonds is 0. The van der Waals surface area contributed by atoms with Gasteiger partial charge in [-0.25, -0.2) is 0 Å². The van der Waals surface area contributed by atoms with Crippen molar-refractivity contribution >= 4 is 0 Å².